The van der Waals surface area contributed by atoms with Crippen LogP contribution in [0.3, 0.4) is 0 Å². The highest BCUT2D eigenvalue weighted by Gasteiger charge is 2.49. The van der Waals surface area contributed by atoms with Gasteiger partial charge in [0.25, 0.3) is 0 Å². The lowest BCUT2D eigenvalue weighted by molar-refractivity contribution is -0.131. The maximum Gasteiger partial charge on any atom is 0.223 e. The van der Waals surface area contributed by atoms with Gasteiger partial charge in [0.15, 0.2) is 0 Å². The molecule has 4 aliphatic carbocycles. The highest BCUT2D eigenvalue weighted by molar-refractivity contribution is 5.79. The van der Waals surface area contributed by atoms with Crippen molar-refractivity contribution in [2.45, 2.75) is 70.6 Å². The minimum Gasteiger partial charge on any atom is -0.369 e. The Hall–Kier alpha value is -1.06. The van der Waals surface area contributed by atoms with Gasteiger partial charge in [0.2, 0.25) is 11.8 Å². The van der Waals surface area contributed by atoms with Crippen LogP contribution in [0.1, 0.15) is 70.6 Å². The van der Waals surface area contributed by atoms with Gasteiger partial charge in [0.1, 0.15) is 0 Å². The maximum atomic E-state index is 12.9. The lowest BCUT2D eigenvalue weighted by Crippen LogP contribution is -2.46. The normalized spacial score (nSPS) is 43.3. The number of carbonyl (C=O) groups excluding carboxylic acids is 2. The molecule has 4 heteroatoms. The molecule has 0 aromatic carbocycles. The third-order valence-electron chi connectivity index (χ3n) is 8.12. The van der Waals surface area contributed by atoms with Crippen LogP contribution >= 0.6 is 0 Å². The minimum atomic E-state index is -0.150. The SMILES string of the molecule is NC(=O)C1CCC(CNC(=O)C2CCC3CCC4CCCC2C43)CC1. The zero-order valence-corrected chi connectivity index (χ0v) is 15.4. The summed E-state index contributed by atoms with van der Waals surface area (Å²) < 4.78 is 0. The van der Waals surface area contributed by atoms with Crippen molar-refractivity contribution in [1.82, 2.24) is 5.32 Å². The van der Waals surface area contributed by atoms with Crippen LogP contribution in [0.5, 0.6) is 0 Å². The van der Waals surface area contributed by atoms with Gasteiger partial charge >= 0.3 is 0 Å². The maximum absolute atomic E-state index is 12.9. The zero-order valence-electron chi connectivity index (χ0n) is 15.4. The second-order valence-corrected chi connectivity index (χ2v) is 9.32. The molecule has 4 rings (SSSR count). The van der Waals surface area contributed by atoms with Gasteiger partial charge in [-0.3, -0.25) is 9.59 Å². The summed E-state index contributed by atoms with van der Waals surface area (Å²) in [4.78, 5) is 24.2. The highest BCUT2D eigenvalue weighted by Crippen LogP contribution is 2.56. The predicted molar refractivity (Wildman–Crippen MR) is 97.4 cm³/mol. The zero-order chi connectivity index (χ0) is 17.4. The number of hydrogen-bond acceptors (Lipinski definition) is 2. The molecule has 2 amide bonds. The lowest BCUT2D eigenvalue weighted by Gasteiger charge is -2.45. The van der Waals surface area contributed by atoms with Crippen molar-refractivity contribution in [3.8, 4) is 0 Å². The van der Waals surface area contributed by atoms with Gasteiger partial charge in [-0.25, -0.2) is 0 Å². The number of amides is 2. The first-order chi connectivity index (χ1) is 12.1. The molecule has 5 unspecified atom stereocenters. The number of rotatable bonds is 4. The molecule has 3 N–H and O–H groups in total. The number of primary amides is 1. The summed E-state index contributed by atoms with van der Waals surface area (Å²) in [5.41, 5.74) is 5.41. The molecule has 0 aromatic heterocycles. The van der Waals surface area contributed by atoms with E-state index in [1.54, 1.807) is 0 Å². The van der Waals surface area contributed by atoms with Crippen LogP contribution < -0.4 is 11.1 Å². The monoisotopic (exact) mass is 346 g/mol. The fourth-order valence-corrected chi connectivity index (χ4v) is 6.81. The summed E-state index contributed by atoms with van der Waals surface area (Å²) in [6, 6.07) is 0. The fraction of sp³-hybridized carbons (Fsp3) is 0.905. The molecule has 0 heterocycles. The molecular weight excluding hydrogens is 312 g/mol. The van der Waals surface area contributed by atoms with Gasteiger partial charge in [0.05, 0.1) is 0 Å². The standard InChI is InChI=1S/C21H34N2O2/c22-20(24)16-6-4-13(5-7-16)12-23-21(25)18-11-10-15-9-8-14-2-1-3-17(18)19(14)15/h13-19H,1-12H2,(H2,22,24)(H,23,25). The Morgan fingerprint density at radius 2 is 1.52 bits per heavy atom. The molecule has 4 saturated carbocycles. The van der Waals surface area contributed by atoms with Crippen LogP contribution in [0, 0.1) is 41.4 Å². The van der Waals surface area contributed by atoms with Crippen LogP contribution in [0.2, 0.25) is 0 Å². The first-order valence-electron chi connectivity index (χ1n) is 10.7. The molecule has 5 atom stereocenters. The molecule has 140 valence electrons. The topological polar surface area (TPSA) is 72.2 Å². The highest BCUT2D eigenvalue weighted by atomic mass is 16.2. The quantitative estimate of drug-likeness (QED) is 0.820. The van der Waals surface area contributed by atoms with E-state index in [9.17, 15) is 9.59 Å². The fourth-order valence-electron chi connectivity index (χ4n) is 6.81. The van der Waals surface area contributed by atoms with E-state index in [0.29, 0.717) is 17.7 Å². The summed E-state index contributed by atoms with van der Waals surface area (Å²) in [6.07, 6.45) is 13.1. The first kappa shape index (κ1) is 17.4. The Balaban J connectivity index is 1.29. The van der Waals surface area contributed by atoms with Gasteiger partial charge in [-0.15, -0.1) is 0 Å². The Kier molecular flexibility index (Phi) is 5.06. The molecule has 0 saturated heterocycles. The van der Waals surface area contributed by atoms with Crippen LogP contribution in [-0.4, -0.2) is 18.4 Å². The summed E-state index contributed by atoms with van der Waals surface area (Å²) in [5.74, 6) is 4.38. The Morgan fingerprint density at radius 1 is 0.840 bits per heavy atom. The van der Waals surface area contributed by atoms with Crippen molar-refractivity contribution in [1.29, 1.82) is 0 Å². The molecule has 0 spiro atoms. The number of carbonyl (C=O) groups is 2. The molecule has 0 radical (unpaired) electrons. The Morgan fingerprint density at radius 3 is 2.24 bits per heavy atom. The van der Waals surface area contributed by atoms with Crippen molar-refractivity contribution < 1.29 is 9.59 Å². The van der Waals surface area contributed by atoms with Crippen molar-refractivity contribution >= 4 is 11.8 Å². The third-order valence-corrected chi connectivity index (χ3v) is 8.12. The van der Waals surface area contributed by atoms with Crippen LogP contribution in [-0.2, 0) is 9.59 Å². The molecule has 25 heavy (non-hydrogen) atoms. The van der Waals surface area contributed by atoms with E-state index in [2.05, 4.69) is 5.32 Å². The number of hydrogen-bond donors (Lipinski definition) is 2. The molecule has 4 fully saturated rings. The van der Waals surface area contributed by atoms with Crippen molar-refractivity contribution in [3.63, 3.8) is 0 Å². The Labute approximate surface area is 151 Å². The van der Waals surface area contributed by atoms with Crippen LogP contribution in [0.15, 0.2) is 0 Å². The molecule has 4 aliphatic rings. The van der Waals surface area contributed by atoms with Gasteiger partial charge in [-0.05, 0) is 87.4 Å². The molecule has 0 bridgehead atoms. The van der Waals surface area contributed by atoms with Crippen molar-refractivity contribution in [2.75, 3.05) is 6.54 Å². The van der Waals surface area contributed by atoms with E-state index in [1.165, 1.54) is 38.5 Å². The average Bonchev–Trinajstić information content (AvgIpc) is 3.05. The second kappa shape index (κ2) is 7.28. The summed E-state index contributed by atoms with van der Waals surface area (Å²) >= 11 is 0. The lowest BCUT2D eigenvalue weighted by atomic mass is 9.60. The average molecular weight is 347 g/mol. The number of nitrogens with two attached hydrogens (primary N) is 1. The molecular formula is C21H34N2O2. The van der Waals surface area contributed by atoms with Crippen molar-refractivity contribution in [3.05, 3.63) is 0 Å². The number of nitrogens with one attached hydrogen (secondary N) is 1. The van der Waals surface area contributed by atoms with Crippen LogP contribution in [0.4, 0.5) is 0 Å². The van der Waals surface area contributed by atoms with Crippen LogP contribution in [0.25, 0.3) is 0 Å². The van der Waals surface area contributed by atoms with Gasteiger partial charge in [-0.1, -0.05) is 12.8 Å². The van der Waals surface area contributed by atoms with E-state index in [4.69, 9.17) is 5.73 Å². The van der Waals surface area contributed by atoms with E-state index in [-0.39, 0.29) is 17.7 Å². The summed E-state index contributed by atoms with van der Waals surface area (Å²) in [7, 11) is 0. The first-order valence-corrected chi connectivity index (χ1v) is 10.7. The predicted octanol–water partition coefficient (Wildman–Crippen LogP) is 3.25. The third kappa shape index (κ3) is 3.46. The minimum absolute atomic E-state index is 0.0590. The molecule has 0 aliphatic heterocycles. The van der Waals surface area contributed by atoms with E-state index >= 15 is 0 Å². The molecule has 0 aromatic rings. The Bertz CT molecular complexity index is 506. The summed E-state index contributed by atoms with van der Waals surface area (Å²) in [5, 5.41) is 3.29. The van der Waals surface area contributed by atoms with Gasteiger partial charge in [-0.2, -0.15) is 0 Å². The van der Waals surface area contributed by atoms with E-state index in [1.807, 2.05) is 0 Å². The summed E-state index contributed by atoms with van der Waals surface area (Å²) in [6.45, 7) is 0.797. The van der Waals surface area contributed by atoms with E-state index in [0.717, 1.165) is 56.4 Å². The van der Waals surface area contributed by atoms with E-state index < -0.39 is 0 Å². The van der Waals surface area contributed by atoms with Crippen molar-refractivity contribution in [2.24, 2.45) is 47.2 Å². The largest absolute Gasteiger partial charge is 0.369 e. The van der Waals surface area contributed by atoms with Gasteiger partial charge < -0.3 is 11.1 Å². The molecule has 4 nitrogen and oxygen atoms in total. The smallest absolute Gasteiger partial charge is 0.223 e. The van der Waals surface area contributed by atoms with Gasteiger partial charge in [0, 0.05) is 18.4 Å². The second-order valence-electron chi connectivity index (χ2n) is 9.32.